The van der Waals surface area contributed by atoms with E-state index in [9.17, 15) is 8.42 Å². The fraction of sp³-hybridized carbons (Fsp3) is 0.571. The van der Waals surface area contributed by atoms with Crippen LogP contribution in [0.4, 0.5) is 0 Å². The second-order valence-electron chi connectivity index (χ2n) is 4.96. The van der Waals surface area contributed by atoms with Crippen molar-refractivity contribution < 1.29 is 17.9 Å². The highest BCUT2D eigenvalue weighted by Gasteiger charge is 2.36. The van der Waals surface area contributed by atoms with Gasteiger partial charge in [-0.3, -0.25) is 0 Å². The van der Waals surface area contributed by atoms with E-state index in [1.165, 1.54) is 4.31 Å². The SMILES string of the molecule is CCN(CC)S(=O)(=O)c1c2c(cc3c1OCC3)OCC2. The third-order valence-electron chi connectivity index (χ3n) is 3.91. The summed E-state index contributed by atoms with van der Waals surface area (Å²) in [4.78, 5) is 0.337. The molecule has 2 heterocycles. The standard InChI is InChI=1S/C14H19NO4S/c1-3-15(4-2)20(16,17)14-11-6-8-18-12(11)9-10-5-7-19-13(10)14/h9H,3-8H2,1-2H3. The molecule has 1 aromatic rings. The van der Waals surface area contributed by atoms with E-state index in [2.05, 4.69) is 0 Å². The van der Waals surface area contributed by atoms with E-state index in [0.717, 1.165) is 17.5 Å². The average Bonchev–Trinajstić information content (AvgIpc) is 3.03. The Bertz CT molecular complexity index is 603. The Balaban J connectivity index is 2.23. The number of fused-ring (bicyclic) bond motifs is 2. The van der Waals surface area contributed by atoms with Crippen LogP contribution in [0.15, 0.2) is 11.0 Å². The Morgan fingerprint density at radius 1 is 1.15 bits per heavy atom. The monoisotopic (exact) mass is 297 g/mol. The van der Waals surface area contributed by atoms with E-state index in [1.54, 1.807) is 0 Å². The van der Waals surface area contributed by atoms with Crippen LogP contribution < -0.4 is 9.47 Å². The van der Waals surface area contributed by atoms with E-state index in [4.69, 9.17) is 9.47 Å². The Hall–Kier alpha value is -1.27. The molecule has 0 spiro atoms. The molecule has 0 unspecified atom stereocenters. The van der Waals surface area contributed by atoms with Crippen LogP contribution in [0.5, 0.6) is 11.5 Å². The molecule has 0 saturated heterocycles. The van der Waals surface area contributed by atoms with Crippen LogP contribution in [0.3, 0.4) is 0 Å². The van der Waals surface area contributed by atoms with Gasteiger partial charge in [0, 0.05) is 37.1 Å². The molecule has 2 aliphatic rings. The zero-order valence-corrected chi connectivity index (χ0v) is 12.6. The van der Waals surface area contributed by atoms with E-state index in [1.807, 2.05) is 19.9 Å². The van der Waals surface area contributed by atoms with Gasteiger partial charge in [-0.05, 0) is 6.07 Å². The van der Waals surface area contributed by atoms with Crippen molar-refractivity contribution in [2.45, 2.75) is 31.6 Å². The fourth-order valence-electron chi connectivity index (χ4n) is 2.91. The minimum absolute atomic E-state index is 0.337. The highest BCUT2D eigenvalue weighted by atomic mass is 32.2. The van der Waals surface area contributed by atoms with Crippen molar-refractivity contribution in [1.82, 2.24) is 4.31 Å². The maximum Gasteiger partial charge on any atom is 0.247 e. The molecule has 5 nitrogen and oxygen atoms in total. The van der Waals surface area contributed by atoms with Crippen molar-refractivity contribution in [3.8, 4) is 11.5 Å². The third-order valence-corrected chi connectivity index (χ3v) is 6.05. The summed E-state index contributed by atoms with van der Waals surface area (Å²) in [6, 6.07) is 1.94. The summed E-state index contributed by atoms with van der Waals surface area (Å²) < 4.78 is 38.5. The Kier molecular flexibility index (Phi) is 3.38. The van der Waals surface area contributed by atoms with E-state index >= 15 is 0 Å². The van der Waals surface area contributed by atoms with Gasteiger partial charge < -0.3 is 9.47 Å². The highest BCUT2D eigenvalue weighted by Crippen LogP contribution is 2.44. The minimum Gasteiger partial charge on any atom is -0.493 e. The van der Waals surface area contributed by atoms with E-state index in [-0.39, 0.29) is 0 Å². The summed E-state index contributed by atoms with van der Waals surface area (Å²) in [5, 5.41) is 0. The number of sulfonamides is 1. The molecule has 2 aliphatic heterocycles. The highest BCUT2D eigenvalue weighted by molar-refractivity contribution is 7.89. The van der Waals surface area contributed by atoms with Crippen LogP contribution in [-0.4, -0.2) is 39.0 Å². The van der Waals surface area contributed by atoms with Gasteiger partial charge in [0.25, 0.3) is 0 Å². The van der Waals surface area contributed by atoms with Gasteiger partial charge in [-0.15, -0.1) is 0 Å². The van der Waals surface area contributed by atoms with Crippen LogP contribution in [0.25, 0.3) is 0 Å². The molecule has 0 bridgehead atoms. The molecule has 0 atom stereocenters. The summed E-state index contributed by atoms with van der Waals surface area (Å²) in [6.07, 6.45) is 1.37. The van der Waals surface area contributed by atoms with Gasteiger partial charge in [-0.1, -0.05) is 13.8 Å². The summed E-state index contributed by atoms with van der Waals surface area (Å²) in [6.45, 7) is 5.69. The molecule has 0 saturated carbocycles. The zero-order chi connectivity index (χ0) is 14.3. The molecule has 0 aliphatic carbocycles. The smallest absolute Gasteiger partial charge is 0.247 e. The second-order valence-corrected chi connectivity index (χ2v) is 6.83. The first kappa shape index (κ1) is 13.7. The number of benzene rings is 1. The molecule has 0 aromatic heterocycles. The molecule has 20 heavy (non-hydrogen) atoms. The lowest BCUT2D eigenvalue weighted by Crippen LogP contribution is -2.31. The first-order chi connectivity index (χ1) is 9.59. The number of nitrogens with zero attached hydrogens (tertiary/aromatic N) is 1. The molecule has 1 aromatic carbocycles. The Morgan fingerprint density at radius 3 is 2.55 bits per heavy atom. The summed E-state index contributed by atoms with van der Waals surface area (Å²) in [5.74, 6) is 1.25. The molecule has 0 fully saturated rings. The molecule has 6 heteroatoms. The third kappa shape index (κ3) is 1.90. The lowest BCUT2D eigenvalue weighted by molar-refractivity contribution is 0.345. The van der Waals surface area contributed by atoms with Crippen molar-refractivity contribution in [3.05, 3.63) is 17.2 Å². The van der Waals surface area contributed by atoms with Gasteiger partial charge in [0.2, 0.25) is 10.0 Å². The van der Waals surface area contributed by atoms with Crippen LogP contribution in [0.2, 0.25) is 0 Å². The number of hydrogen-bond donors (Lipinski definition) is 0. The van der Waals surface area contributed by atoms with Gasteiger partial charge in [0.1, 0.15) is 16.4 Å². The average molecular weight is 297 g/mol. The summed E-state index contributed by atoms with van der Waals surface area (Å²) in [7, 11) is -3.52. The summed E-state index contributed by atoms with van der Waals surface area (Å²) in [5.41, 5.74) is 1.72. The normalized spacial score (nSPS) is 16.8. The number of hydrogen-bond acceptors (Lipinski definition) is 4. The number of rotatable bonds is 4. The maximum atomic E-state index is 12.9. The maximum absolute atomic E-state index is 12.9. The second kappa shape index (κ2) is 4.93. The van der Waals surface area contributed by atoms with Crippen molar-refractivity contribution >= 4 is 10.0 Å². The minimum atomic E-state index is -3.52. The zero-order valence-electron chi connectivity index (χ0n) is 11.8. The van der Waals surface area contributed by atoms with Gasteiger partial charge in [-0.25, -0.2) is 8.42 Å². The van der Waals surface area contributed by atoms with Crippen molar-refractivity contribution in [1.29, 1.82) is 0 Å². The Morgan fingerprint density at radius 2 is 1.85 bits per heavy atom. The topological polar surface area (TPSA) is 55.8 Å². The van der Waals surface area contributed by atoms with Crippen LogP contribution in [-0.2, 0) is 22.9 Å². The van der Waals surface area contributed by atoms with Crippen molar-refractivity contribution in [2.24, 2.45) is 0 Å². The van der Waals surface area contributed by atoms with Crippen LogP contribution in [0, 0.1) is 0 Å². The number of ether oxygens (including phenoxy) is 2. The largest absolute Gasteiger partial charge is 0.493 e. The lowest BCUT2D eigenvalue weighted by atomic mass is 10.1. The molecule has 110 valence electrons. The fourth-order valence-corrected chi connectivity index (χ4v) is 4.78. The van der Waals surface area contributed by atoms with Gasteiger partial charge in [0.15, 0.2) is 0 Å². The Labute approximate surface area is 119 Å². The van der Waals surface area contributed by atoms with Gasteiger partial charge in [-0.2, -0.15) is 4.31 Å². The van der Waals surface area contributed by atoms with Crippen molar-refractivity contribution in [3.63, 3.8) is 0 Å². The summed E-state index contributed by atoms with van der Waals surface area (Å²) >= 11 is 0. The van der Waals surface area contributed by atoms with Gasteiger partial charge in [0.05, 0.1) is 13.2 Å². The predicted molar refractivity (Wildman–Crippen MR) is 74.9 cm³/mol. The van der Waals surface area contributed by atoms with E-state index < -0.39 is 10.0 Å². The first-order valence-electron chi connectivity index (χ1n) is 7.04. The predicted octanol–water partition coefficient (Wildman–Crippen LogP) is 1.59. The lowest BCUT2D eigenvalue weighted by Gasteiger charge is -2.21. The molecular formula is C14H19NO4S. The van der Waals surface area contributed by atoms with Gasteiger partial charge >= 0.3 is 0 Å². The van der Waals surface area contributed by atoms with Crippen molar-refractivity contribution in [2.75, 3.05) is 26.3 Å². The molecule has 0 N–H and O–H groups in total. The quantitative estimate of drug-likeness (QED) is 0.847. The first-order valence-corrected chi connectivity index (χ1v) is 8.48. The molecule has 0 amide bonds. The van der Waals surface area contributed by atoms with E-state index in [0.29, 0.717) is 49.1 Å². The van der Waals surface area contributed by atoms with Crippen LogP contribution in [0.1, 0.15) is 25.0 Å². The molecule has 0 radical (unpaired) electrons. The molecule has 3 rings (SSSR count). The van der Waals surface area contributed by atoms with Crippen LogP contribution >= 0.6 is 0 Å². The molecular weight excluding hydrogens is 278 g/mol.